The third kappa shape index (κ3) is 15.8. The minimum absolute atomic E-state index is 0.206. The van der Waals surface area contributed by atoms with Gasteiger partial charge in [-0.1, -0.05) is 32.6 Å². The normalized spacial score (nSPS) is 9.52. The summed E-state index contributed by atoms with van der Waals surface area (Å²) in [6.45, 7) is 13.1. The maximum Gasteiger partial charge on any atom is 0.333 e. The number of aliphatic carboxylic acids is 1. The van der Waals surface area contributed by atoms with Crippen LogP contribution in [-0.4, -0.2) is 36.2 Å². The van der Waals surface area contributed by atoms with Gasteiger partial charge in [0, 0.05) is 17.2 Å². The molecule has 6 heteroatoms. The number of carboxylic acids is 1. The van der Waals surface area contributed by atoms with E-state index < -0.39 is 11.9 Å². The molecule has 23 heavy (non-hydrogen) atoms. The lowest BCUT2D eigenvalue weighted by Crippen LogP contribution is -2.07. The zero-order chi connectivity index (χ0) is 18.3. The van der Waals surface area contributed by atoms with Crippen LogP contribution >= 0.6 is 0 Å². The van der Waals surface area contributed by atoms with E-state index in [1.807, 2.05) is 6.92 Å². The van der Waals surface area contributed by atoms with Gasteiger partial charge in [-0.2, -0.15) is 0 Å². The molecule has 6 nitrogen and oxygen atoms in total. The van der Waals surface area contributed by atoms with Crippen molar-refractivity contribution in [1.29, 1.82) is 0 Å². The standard InChI is InChI=1S/C11H16O4.C6H10O2/c1-3-4-8-15-11(14)9(2)6-5-7-10(12)13;1-4-8-6(7)5(2)3/h5,7H,2-4,6,8H2,1H3,(H,12,13);2,4H2,1,3H3. The summed E-state index contributed by atoms with van der Waals surface area (Å²) in [5.41, 5.74) is 0.718. The van der Waals surface area contributed by atoms with Crippen LogP contribution in [0, 0.1) is 0 Å². The summed E-state index contributed by atoms with van der Waals surface area (Å²) in [6.07, 6.45) is 4.33. The molecule has 0 spiro atoms. The van der Waals surface area contributed by atoms with Gasteiger partial charge < -0.3 is 14.6 Å². The van der Waals surface area contributed by atoms with E-state index in [1.165, 1.54) is 6.08 Å². The second-order valence-electron chi connectivity index (χ2n) is 4.54. The van der Waals surface area contributed by atoms with Crippen LogP contribution in [0.25, 0.3) is 0 Å². The van der Waals surface area contributed by atoms with Gasteiger partial charge in [-0.3, -0.25) is 0 Å². The Bertz CT molecular complexity index is 448. The summed E-state index contributed by atoms with van der Waals surface area (Å²) in [5, 5.41) is 8.31. The quantitative estimate of drug-likeness (QED) is 0.398. The number of carboxylic acid groups (broad SMARTS) is 1. The maximum absolute atomic E-state index is 11.2. The molecule has 1 N–H and O–H groups in total. The Hall–Kier alpha value is -2.37. The number of ether oxygens (including phenoxy) is 2. The average Bonchev–Trinajstić information content (AvgIpc) is 2.47. The van der Waals surface area contributed by atoms with Gasteiger partial charge in [-0.25, -0.2) is 14.4 Å². The van der Waals surface area contributed by atoms with Crippen molar-refractivity contribution in [2.45, 2.75) is 40.0 Å². The summed E-state index contributed by atoms with van der Waals surface area (Å²) in [5.74, 6) is -1.81. The minimum Gasteiger partial charge on any atom is -0.478 e. The van der Waals surface area contributed by atoms with Gasteiger partial charge in [0.1, 0.15) is 0 Å². The molecule has 0 bridgehead atoms. The maximum atomic E-state index is 11.2. The van der Waals surface area contributed by atoms with Crippen LogP contribution in [-0.2, 0) is 23.9 Å². The van der Waals surface area contributed by atoms with E-state index in [2.05, 4.69) is 17.9 Å². The molecule has 0 amide bonds. The highest BCUT2D eigenvalue weighted by molar-refractivity contribution is 5.88. The largest absolute Gasteiger partial charge is 0.478 e. The molecule has 0 aliphatic carbocycles. The van der Waals surface area contributed by atoms with Crippen molar-refractivity contribution in [3.8, 4) is 0 Å². The number of allylic oxidation sites excluding steroid dienone is 1. The van der Waals surface area contributed by atoms with Crippen LogP contribution in [0.15, 0.2) is 36.5 Å². The summed E-state index contributed by atoms with van der Waals surface area (Å²) in [4.78, 5) is 31.7. The number of esters is 2. The molecule has 0 rings (SSSR count). The molecule has 130 valence electrons. The van der Waals surface area contributed by atoms with Crippen LogP contribution in [0.4, 0.5) is 0 Å². The SMILES string of the molecule is C=C(C)C(=O)OCC.C=C(CC=CC(=O)O)C(=O)OCCCC. The van der Waals surface area contributed by atoms with E-state index in [0.29, 0.717) is 18.8 Å². The van der Waals surface area contributed by atoms with Crippen molar-refractivity contribution in [1.82, 2.24) is 0 Å². The van der Waals surface area contributed by atoms with Crippen molar-refractivity contribution < 1.29 is 29.0 Å². The second-order valence-corrected chi connectivity index (χ2v) is 4.54. The zero-order valence-corrected chi connectivity index (χ0v) is 14.1. The predicted molar refractivity (Wildman–Crippen MR) is 87.8 cm³/mol. The smallest absolute Gasteiger partial charge is 0.333 e. The average molecular weight is 326 g/mol. The molecule has 0 atom stereocenters. The Morgan fingerprint density at radius 1 is 1.09 bits per heavy atom. The molecule has 0 aromatic rings. The molecule has 0 saturated carbocycles. The highest BCUT2D eigenvalue weighted by atomic mass is 16.5. The Morgan fingerprint density at radius 3 is 2.09 bits per heavy atom. The molecule has 0 radical (unpaired) electrons. The molecule has 0 aromatic carbocycles. The van der Waals surface area contributed by atoms with Crippen molar-refractivity contribution in [2.75, 3.05) is 13.2 Å². The Kier molecular flexibility index (Phi) is 14.5. The number of rotatable bonds is 9. The van der Waals surface area contributed by atoms with Crippen LogP contribution in [0.5, 0.6) is 0 Å². The Labute approximate surface area is 137 Å². The fraction of sp³-hybridized carbons (Fsp3) is 0.471. The van der Waals surface area contributed by atoms with E-state index >= 15 is 0 Å². The van der Waals surface area contributed by atoms with Crippen molar-refractivity contribution >= 4 is 17.9 Å². The third-order valence-electron chi connectivity index (χ3n) is 2.27. The Balaban J connectivity index is 0. The summed E-state index contributed by atoms with van der Waals surface area (Å²) < 4.78 is 9.45. The molecule has 0 saturated heterocycles. The van der Waals surface area contributed by atoms with Crippen LogP contribution < -0.4 is 0 Å². The number of hydrogen-bond donors (Lipinski definition) is 1. The first kappa shape index (κ1) is 22.9. The van der Waals surface area contributed by atoms with E-state index in [0.717, 1.165) is 18.9 Å². The summed E-state index contributed by atoms with van der Waals surface area (Å²) in [7, 11) is 0. The van der Waals surface area contributed by atoms with Gasteiger partial charge in [-0.15, -0.1) is 0 Å². The Morgan fingerprint density at radius 2 is 1.70 bits per heavy atom. The highest BCUT2D eigenvalue weighted by Crippen LogP contribution is 2.03. The molecule has 0 aliphatic rings. The van der Waals surface area contributed by atoms with E-state index in [4.69, 9.17) is 9.84 Å². The predicted octanol–water partition coefficient (Wildman–Crippen LogP) is 3.04. The van der Waals surface area contributed by atoms with Crippen molar-refractivity contribution in [3.63, 3.8) is 0 Å². The molecular weight excluding hydrogens is 300 g/mol. The van der Waals surface area contributed by atoms with Gasteiger partial charge in [0.25, 0.3) is 0 Å². The first-order chi connectivity index (χ1) is 10.8. The molecule has 0 aromatic heterocycles. The lowest BCUT2D eigenvalue weighted by molar-refractivity contribution is -0.139. The molecule has 0 heterocycles. The third-order valence-corrected chi connectivity index (χ3v) is 2.27. The lowest BCUT2D eigenvalue weighted by Gasteiger charge is -2.03. The molecule has 0 fully saturated rings. The van der Waals surface area contributed by atoms with E-state index in [1.54, 1.807) is 13.8 Å². The zero-order valence-electron chi connectivity index (χ0n) is 14.1. The van der Waals surface area contributed by atoms with Crippen molar-refractivity contribution in [2.24, 2.45) is 0 Å². The van der Waals surface area contributed by atoms with Gasteiger partial charge in [-0.05, 0) is 26.7 Å². The number of unbranched alkanes of at least 4 members (excludes halogenated alkanes) is 1. The van der Waals surface area contributed by atoms with E-state index in [9.17, 15) is 14.4 Å². The number of carbonyl (C=O) groups excluding carboxylic acids is 2. The fourth-order valence-corrected chi connectivity index (χ4v) is 1.05. The van der Waals surface area contributed by atoms with Crippen molar-refractivity contribution in [3.05, 3.63) is 36.5 Å². The summed E-state index contributed by atoms with van der Waals surface area (Å²) in [6, 6.07) is 0. The van der Waals surface area contributed by atoms with Gasteiger partial charge in [0.15, 0.2) is 0 Å². The number of hydrogen-bond acceptors (Lipinski definition) is 5. The summed E-state index contributed by atoms with van der Waals surface area (Å²) >= 11 is 0. The van der Waals surface area contributed by atoms with E-state index in [-0.39, 0.29) is 18.0 Å². The van der Waals surface area contributed by atoms with Gasteiger partial charge in [0.05, 0.1) is 13.2 Å². The monoisotopic (exact) mass is 326 g/mol. The molecule has 0 unspecified atom stereocenters. The first-order valence-electron chi connectivity index (χ1n) is 7.33. The minimum atomic E-state index is -1.04. The highest BCUT2D eigenvalue weighted by Gasteiger charge is 2.06. The van der Waals surface area contributed by atoms with Gasteiger partial charge in [0.2, 0.25) is 0 Å². The van der Waals surface area contributed by atoms with Crippen LogP contribution in [0.3, 0.4) is 0 Å². The molecule has 0 aliphatic heterocycles. The lowest BCUT2D eigenvalue weighted by atomic mass is 10.2. The topological polar surface area (TPSA) is 89.9 Å². The first-order valence-corrected chi connectivity index (χ1v) is 7.33. The number of carbonyl (C=O) groups is 3. The van der Waals surface area contributed by atoms with Gasteiger partial charge >= 0.3 is 17.9 Å². The van der Waals surface area contributed by atoms with Crippen LogP contribution in [0.1, 0.15) is 40.0 Å². The molecular formula is C17H26O6. The second kappa shape index (κ2) is 14.6. The fourth-order valence-electron chi connectivity index (χ4n) is 1.05. The van der Waals surface area contributed by atoms with Crippen LogP contribution in [0.2, 0.25) is 0 Å².